The van der Waals surface area contributed by atoms with Crippen LogP contribution in [0.1, 0.15) is 33.7 Å². The Labute approximate surface area is 146 Å². The van der Waals surface area contributed by atoms with Gasteiger partial charge in [-0.1, -0.05) is 48.5 Å². The number of nitriles is 2. The molecule has 0 atom stereocenters. The first-order valence-electron chi connectivity index (χ1n) is 7.72. The average Bonchev–Trinajstić information content (AvgIpc) is 2.70. The molecule has 0 aliphatic heterocycles. The molecule has 25 heavy (non-hydrogen) atoms. The van der Waals surface area contributed by atoms with E-state index in [1.165, 1.54) is 0 Å². The maximum atomic E-state index is 9.01. The lowest BCUT2D eigenvalue weighted by molar-refractivity contribution is 0.977. The van der Waals surface area contributed by atoms with Crippen LogP contribution in [0, 0.1) is 29.2 Å². The van der Waals surface area contributed by atoms with Crippen molar-refractivity contribution in [1.29, 1.82) is 10.5 Å². The van der Waals surface area contributed by atoms with Crippen LogP contribution in [0.5, 0.6) is 0 Å². The monoisotopic (exact) mass is 319 g/mol. The largest absolute Gasteiger partial charge is 0.238 e. The van der Waals surface area contributed by atoms with Crippen LogP contribution in [-0.2, 0) is 0 Å². The molecular weight excluding hydrogens is 306 g/mol. The lowest BCUT2D eigenvalue weighted by atomic mass is 9.84. The van der Waals surface area contributed by atoms with Gasteiger partial charge in [0.05, 0.1) is 29.8 Å². The van der Waals surface area contributed by atoms with Gasteiger partial charge in [0.1, 0.15) is 0 Å². The van der Waals surface area contributed by atoms with E-state index in [1.54, 1.807) is 24.3 Å². The Morgan fingerprint density at radius 2 is 1.00 bits per heavy atom. The molecule has 0 saturated heterocycles. The summed E-state index contributed by atoms with van der Waals surface area (Å²) in [5.74, 6) is -0.0275. The quantitative estimate of drug-likeness (QED) is 0.494. The first-order chi connectivity index (χ1) is 12.2. The van der Waals surface area contributed by atoms with Crippen molar-refractivity contribution < 1.29 is 0 Å². The minimum atomic E-state index is -0.0275. The molecule has 0 unspecified atom stereocenters. The Morgan fingerprint density at radius 1 is 0.640 bits per heavy atom. The summed E-state index contributed by atoms with van der Waals surface area (Å²) in [7, 11) is 0. The lowest BCUT2D eigenvalue weighted by Crippen LogP contribution is -2.03. The smallest absolute Gasteiger partial charge is 0.187 e. The Bertz CT molecular complexity index is 857. The van der Waals surface area contributed by atoms with Gasteiger partial charge >= 0.3 is 0 Å². The second kappa shape index (κ2) is 7.14. The summed E-state index contributed by atoms with van der Waals surface area (Å²) in [4.78, 5) is 3.44. The van der Waals surface area contributed by atoms with Crippen molar-refractivity contribution in [3.8, 4) is 12.1 Å². The molecule has 3 aromatic carbocycles. The third kappa shape index (κ3) is 3.40. The standard InChI is InChI=1S/C22H13N3/c1-25-21-12-10-20(11-13-21)22(18-6-2-16(14-23)3-7-18)19-8-4-17(15-24)5-9-19/h2-13,22H. The van der Waals surface area contributed by atoms with Gasteiger partial charge in [-0.05, 0) is 41.0 Å². The molecule has 0 saturated carbocycles. The van der Waals surface area contributed by atoms with E-state index in [9.17, 15) is 0 Å². The van der Waals surface area contributed by atoms with Gasteiger partial charge < -0.3 is 0 Å². The maximum absolute atomic E-state index is 9.01. The van der Waals surface area contributed by atoms with Gasteiger partial charge in [0.15, 0.2) is 5.69 Å². The molecule has 0 aliphatic rings. The van der Waals surface area contributed by atoms with Gasteiger partial charge in [-0.2, -0.15) is 10.5 Å². The molecule has 0 N–H and O–H groups in total. The predicted octanol–water partition coefficient (Wildman–Crippen LogP) is 5.16. The summed E-state index contributed by atoms with van der Waals surface area (Å²) >= 11 is 0. The molecule has 3 rings (SSSR count). The van der Waals surface area contributed by atoms with Crippen LogP contribution < -0.4 is 0 Å². The van der Waals surface area contributed by atoms with Crippen LogP contribution >= 0.6 is 0 Å². The van der Waals surface area contributed by atoms with Crippen LogP contribution in [-0.4, -0.2) is 0 Å². The van der Waals surface area contributed by atoms with Gasteiger partial charge in [0.2, 0.25) is 0 Å². The van der Waals surface area contributed by atoms with Gasteiger partial charge in [0, 0.05) is 5.92 Å². The molecule has 0 radical (unpaired) electrons. The van der Waals surface area contributed by atoms with Crippen molar-refractivity contribution in [2.45, 2.75) is 5.92 Å². The van der Waals surface area contributed by atoms with Crippen molar-refractivity contribution in [2.24, 2.45) is 0 Å². The minimum Gasteiger partial charge on any atom is -0.238 e. The van der Waals surface area contributed by atoms with Gasteiger partial charge in [-0.3, -0.25) is 0 Å². The van der Waals surface area contributed by atoms with E-state index < -0.39 is 0 Å². The fraction of sp³-hybridized carbons (Fsp3) is 0.0455. The third-order valence-corrected chi connectivity index (χ3v) is 4.10. The van der Waals surface area contributed by atoms with Crippen molar-refractivity contribution in [2.75, 3.05) is 0 Å². The first-order valence-corrected chi connectivity index (χ1v) is 7.72. The summed E-state index contributed by atoms with van der Waals surface area (Å²) in [6, 6.07) is 26.8. The van der Waals surface area contributed by atoms with E-state index in [2.05, 4.69) is 17.0 Å². The van der Waals surface area contributed by atoms with Crippen LogP contribution in [0.4, 0.5) is 5.69 Å². The highest BCUT2D eigenvalue weighted by Gasteiger charge is 2.17. The second-order valence-electron chi connectivity index (χ2n) is 5.60. The molecule has 0 spiro atoms. The highest BCUT2D eigenvalue weighted by molar-refractivity contribution is 5.51. The fourth-order valence-electron chi connectivity index (χ4n) is 2.82. The van der Waals surface area contributed by atoms with E-state index in [1.807, 2.05) is 48.5 Å². The van der Waals surface area contributed by atoms with Gasteiger partial charge in [-0.25, -0.2) is 4.85 Å². The van der Waals surface area contributed by atoms with E-state index in [0.29, 0.717) is 16.8 Å². The van der Waals surface area contributed by atoms with Crippen molar-refractivity contribution in [3.05, 3.63) is 112 Å². The number of nitrogens with zero attached hydrogens (tertiary/aromatic N) is 3. The topological polar surface area (TPSA) is 51.9 Å². The molecule has 3 nitrogen and oxygen atoms in total. The molecule has 0 bridgehead atoms. The Morgan fingerprint density at radius 3 is 1.32 bits per heavy atom. The third-order valence-electron chi connectivity index (χ3n) is 4.10. The van der Waals surface area contributed by atoms with Crippen LogP contribution in [0.25, 0.3) is 4.85 Å². The first kappa shape index (κ1) is 16.0. The fourth-order valence-corrected chi connectivity index (χ4v) is 2.82. The molecule has 0 amide bonds. The normalized spacial score (nSPS) is 9.84. The Balaban J connectivity index is 2.10. The number of benzene rings is 3. The Hall–Kier alpha value is -3.87. The number of rotatable bonds is 3. The summed E-state index contributed by atoms with van der Waals surface area (Å²) in [6.07, 6.45) is 0. The molecule has 3 aromatic rings. The molecule has 116 valence electrons. The van der Waals surface area contributed by atoms with Crippen LogP contribution in [0.15, 0.2) is 72.8 Å². The highest BCUT2D eigenvalue weighted by atomic mass is 14.6. The second-order valence-corrected chi connectivity index (χ2v) is 5.60. The zero-order valence-electron chi connectivity index (χ0n) is 13.3. The zero-order chi connectivity index (χ0) is 17.6. The van der Waals surface area contributed by atoms with E-state index in [0.717, 1.165) is 16.7 Å². The average molecular weight is 319 g/mol. The number of hydrogen-bond acceptors (Lipinski definition) is 2. The number of hydrogen-bond donors (Lipinski definition) is 0. The molecule has 0 heterocycles. The zero-order valence-corrected chi connectivity index (χ0v) is 13.3. The summed E-state index contributed by atoms with van der Waals surface area (Å²) < 4.78 is 0. The maximum Gasteiger partial charge on any atom is 0.187 e. The van der Waals surface area contributed by atoms with Crippen molar-refractivity contribution in [1.82, 2.24) is 0 Å². The molecule has 3 heteroatoms. The molecule has 0 fully saturated rings. The SMILES string of the molecule is [C-]#[N+]c1ccc(C(c2ccc(C#N)cc2)c2ccc(C#N)cc2)cc1. The summed E-state index contributed by atoms with van der Waals surface area (Å²) in [5.41, 5.74) is 5.00. The minimum absolute atomic E-state index is 0.0275. The Kier molecular flexibility index (Phi) is 4.57. The van der Waals surface area contributed by atoms with E-state index >= 15 is 0 Å². The van der Waals surface area contributed by atoms with Crippen molar-refractivity contribution >= 4 is 5.69 Å². The summed E-state index contributed by atoms with van der Waals surface area (Å²) in [6.45, 7) is 7.10. The summed E-state index contributed by atoms with van der Waals surface area (Å²) in [5, 5.41) is 18.0. The molecular formula is C22H13N3. The van der Waals surface area contributed by atoms with Gasteiger partial charge in [0.25, 0.3) is 0 Å². The predicted molar refractivity (Wildman–Crippen MR) is 96.0 cm³/mol. The van der Waals surface area contributed by atoms with E-state index in [-0.39, 0.29) is 5.92 Å². The van der Waals surface area contributed by atoms with E-state index in [4.69, 9.17) is 17.1 Å². The lowest BCUT2D eigenvalue weighted by Gasteiger charge is -2.19. The van der Waals surface area contributed by atoms with Crippen LogP contribution in [0.2, 0.25) is 0 Å². The van der Waals surface area contributed by atoms with Crippen LogP contribution in [0.3, 0.4) is 0 Å². The highest BCUT2D eigenvalue weighted by Crippen LogP contribution is 2.33. The molecule has 0 aromatic heterocycles. The van der Waals surface area contributed by atoms with Gasteiger partial charge in [-0.15, -0.1) is 0 Å². The molecule has 0 aliphatic carbocycles. The van der Waals surface area contributed by atoms with Crippen molar-refractivity contribution in [3.63, 3.8) is 0 Å².